The minimum atomic E-state index is -0.408. The summed E-state index contributed by atoms with van der Waals surface area (Å²) < 4.78 is 10.5. The van der Waals surface area contributed by atoms with Crippen molar-refractivity contribution in [1.29, 1.82) is 0 Å². The van der Waals surface area contributed by atoms with Gasteiger partial charge in [-0.25, -0.2) is 9.78 Å². The average molecular weight is 250 g/mol. The van der Waals surface area contributed by atoms with Crippen LogP contribution >= 0.6 is 0 Å². The first-order valence-corrected chi connectivity index (χ1v) is 5.84. The third kappa shape index (κ3) is 1.82. The predicted molar refractivity (Wildman–Crippen MR) is 64.9 cm³/mol. The molecule has 0 aliphatic carbocycles. The van der Waals surface area contributed by atoms with E-state index in [1.165, 1.54) is 4.90 Å². The summed E-state index contributed by atoms with van der Waals surface area (Å²) in [6.45, 7) is 2.07. The SMILES string of the molecule is NCC1CN(c2ccc3c(n2)NCCO3)C(=O)O1. The van der Waals surface area contributed by atoms with E-state index >= 15 is 0 Å². The van der Waals surface area contributed by atoms with Gasteiger partial charge in [-0.15, -0.1) is 0 Å². The monoisotopic (exact) mass is 250 g/mol. The van der Waals surface area contributed by atoms with Crippen molar-refractivity contribution in [3.63, 3.8) is 0 Å². The number of amides is 1. The van der Waals surface area contributed by atoms with Gasteiger partial charge in [-0.1, -0.05) is 0 Å². The van der Waals surface area contributed by atoms with E-state index in [-0.39, 0.29) is 6.10 Å². The van der Waals surface area contributed by atoms with Crippen LogP contribution in [0.3, 0.4) is 0 Å². The van der Waals surface area contributed by atoms with Crippen LogP contribution in [0.1, 0.15) is 0 Å². The van der Waals surface area contributed by atoms with Crippen molar-refractivity contribution in [2.75, 3.05) is 36.5 Å². The smallest absolute Gasteiger partial charge is 0.416 e. The van der Waals surface area contributed by atoms with Gasteiger partial charge in [-0.3, -0.25) is 4.90 Å². The molecule has 0 radical (unpaired) electrons. The number of ether oxygens (including phenoxy) is 2. The maximum absolute atomic E-state index is 11.7. The van der Waals surface area contributed by atoms with Crippen LogP contribution in [-0.2, 0) is 4.74 Å². The second-order valence-electron chi connectivity index (χ2n) is 4.14. The van der Waals surface area contributed by atoms with Gasteiger partial charge in [0.1, 0.15) is 18.5 Å². The largest absolute Gasteiger partial charge is 0.488 e. The third-order valence-electron chi connectivity index (χ3n) is 2.91. The second-order valence-corrected chi connectivity index (χ2v) is 4.14. The lowest BCUT2D eigenvalue weighted by atomic mass is 10.3. The van der Waals surface area contributed by atoms with Gasteiger partial charge >= 0.3 is 6.09 Å². The van der Waals surface area contributed by atoms with Crippen LogP contribution < -0.4 is 20.7 Å². The van der Waals surface area contributed by atoms with Crippen molar-refractivity contribution in [3.8, 4) is 5.75 Å². The fraction of sp³-hybridized carbons (Fsp3) is 0.455. The van der Waals surface area contributed by atoms with Crippen LogP contribution in [-0.4, -0.2) is 43.4 Å². The van der Waals surface area contributed by atoms with Crippen LogP contribution in [0.25, 0.3) is 0 Å². The molecule has 1 aromatic rings. The number of carbonyl (C=O) groups is 1. The molecule has 1 amide bonds. The van der Waals surface area contributed by atoms with Crippen LogP contribution in [0.2, 0.25) is 0 Å². The van der Waals surface area contributed by atoms with Crippen molar-refractivity contribution >= 4 is 17.7 Å². The Labute approximate surface area is 104 Å². The number of pyridine rings is 1. The molecule has 3 N–H and O–H groups in total. The molecule has 1 unspecified atom stereocenters. The molecule has 7 nitrogen and oxygen atoms in total. The number of nitrogens with one attached hydrogen (secondary N) is 1. The molecule has 96 valence electrons. The molecular formula is C11H14N4O3. The first kappa shape index (κ1) is 11.1. The number of hydrogen-bond donors (Lipinski definition) is 2. The maximum Gasteiger partial charge on any atom is 0.416 e. The number of cyclic esters (lactones) is 1. The van der Waals surface area contributed by atoms with Gasteiger partial charge in [0.15, 0.2) is 11.6 Å². The fourth-order valence-electron chi connectivity index (χ4n) is 1.99. The molecule has 1 saturated heterocycles. The van der Waals surface area contributed by atoms with Crippen molar-refractivity contribution in [2.45, 2.75) is 6.10 Å². The van der Waals surface area contributed by atoms with Crippen LogP contribution in [0.5, 0.6) is 5.75 Å². The standard InChI is InChI=1S/C11H14N4O3/c12-5-7-6-15(11(16)18-7)9-2-1-8-10(14-9)13-3-4-17-8/h1-2,7H,3-6,12H2,(H,13,14). The molecule has 0 aromatic carbocycles. The molecule has 7 heteroatoms. The van der Waals surface area contributed by atoms with Gasteiger partial charge in [0.25, 0.3) is 0 Å². The Morgan fingerprint density at radius 1 is 1.56 bits per heavy atom. The summed E-state index contributed by atoms with van der Waals surface area (Å²) in [5.41, 5.74) is 5.49. The summed E-state index contributed by atoms with van der Waals surface area (Å²) in [6.07, 6.45) is -0.672. The second kappa shape index (κ2) is 4.34. The molecular weight excluding hydrogens is 236 g/mol. The Hall–Kier alpha value is -2.02. The first-order valence-electron chi connectivity index (χ1n) is 5.84. The minimum Gasteiger partial charge on any atom is -0.488 e. The highest BCUT2D eigenvalue weighted by molar-refractivity contribution is 5.89. The molecule has 3 heterocycles. The minimum absolute atomic E-state index is 0.264. The zero-order valence-corrected chi connectivity index (χ0v) is 9.76. The zero-order valence-electron chi connectivity index (χ0n) is 9.76. The van der Waals surface area contributed by atoms with Crippen LogP contribution in [0, 0.1) is 0 Å². The Morgan fingerprint density at radius 2 is 2.44 bits per heavy atom. The van der Waals surface area contributed by atoms with E-state index in [2.05, 4.69) is 10.3 Å². The fourth-order valence-corrected chi connectivity index (χ4v) is 1.99. The highest BCUT2D eigenvalue weighted by Gasteiger charge is 2.32. The van der Waals surface area contributed by atoms with E-state index in [0.717, 1.165) is 0 Å². The zero-order chi connectivity index (χ0) is 12.5. The van der Waals surface area contributed by atoms with E-state index in [9.17, 15) is 4.79 Å². The maximum atomic E-state index is 11.7. The summed E-state index contributed by atoms with van der Waals surface area (Å²) in [6, 6.07) is 3.54. The number of carbonyl (C=O) groups excluding carboxylic acids is 1. The Morgan fingerprint density at radius 3 is 3.22 bits per heavy atom. The molecule has 0 spiro atoms. The Balaban J connectivity index is 1.86. The molecule has 2 aliphatic heterocycles. The molecule has 0 saturated carbocycles. The number of nitrogens with zero attached hydrogens (tertiary/aromatic N) is 2. The van der Waals surface area contributed by atoms with Gasteiger partial charge in [0.05, 0.1) is 13.1 Å². The Bertz CT molecular complexity index is 479. The first-order chi connectivity index (χ1) is 8.78. The number of rotatable bonds is 2. The van der Waals surface area contributed by atoms with Crippen molar-refractivity contribution < 1.29 is 14.3 Å². The van der Waals surface area contributed by atoms with E-state index in [4.69, 9.17) is 15.2 Å². The van der Waals surface area contributed by atoms with E-state index in [1.54, 1.807) is 12.1 Å². The predicted octanol–water partition coefficient (Wildman–Crippen LogP) is 0.170. The molecule has 3 rings (SSSR count). The highest BCUT2D eigenvalue weighted by atomic mass is 16.6. The number of anilines is 2. The van der Waals surface area contributed by atoms with Crippen molar-refractivity contribution in [3.05, 3.63) is 12.1 Å². The van der Waals surface area contributed by atoms with Crippen molar-refractivity contribution in [1.82, 2.24) is 4.98 Å². The summed E-state index contributed by atoms with van der Waals surface area (Å²) in [7, 11) is 0. The summed E-state index contributed by atoms with van der Waals surface area (Å²) in [4.78, 5) is 17.5. The topological polar surface area (TPSA) is 89.7 Å². The number of fused-ring (bicyclic) bond motifs is 1. The molecule has 1 fully saturated rings. The van der Waals surface area contributed by atoms with E-state index < -0.39 is 6.09 Å². The van der Waals surface area contributed by atoms with E-state index in [1.807, 2.05) is 0 Å². The van der Waals surface area contributed by atoms with Gasteiger partial charge < -0.3 is 20.5 Å². The van der Waals surface area contributed by atoms with Gasteiger partial charge in [-0.05, 0) is 12.1 Å². The summed E-state index contributed by atoms with van der Waals surface area (Å²) >= 11 is 0. The lowest BCUT2D eigenvalue weighted by Gasteiger charge is -2.20. The molecule has 0 bridgehead atoms. The number of hydrogen-bond acceptors (Lipinski definition) is 6. The average Bonchev–Trinajstić information content (AvgIpc) is 2.79. The lowest BCUT2D eigenvalue weighted by molar-refractivity contribution is 0.145. The molecule has 1 aromatic heterocycles. The normalized spacial score (nSPS) is 21.9. The van der Waals surface area contributed by atoms with E-state index in [0.29, 0.717) is 43.6 Å². The number of nitrogens with two attached hydrogens (primary N) is 1. The highest BCUT2D eigenvalue weighted by Crippen LogP contribution is 2.29. The number of aromatic nitrogens is 1. The quantitative estimate of drug-likeness (QED) is 0.777. The summed E-state index contributed by atoms with van der Waals surface area (Å²) in [5.74, 6) is 1.91. The third-order valence-corrected chi connectivity index (χ3v) is 2.91. The van der Waals surface area contributed by atoms with Crippen molar-refractivity contribution in [2.24, 2.45) is 5.73 Å². The lowest BCUT2D eigenvalue weighted by Crippen LogP contribution is -2.28. The molecule has 18 heavy (non-hydrogen) atoms. The van der Waals surface area contributed by atoms with Gasteiger partial charge in [0.2, 0.25) is 0 Å². The molecule has 1 atom stereocenters. The Kier molecular flexibility index (Phi) is 2.67. The van der Waals surface area contributed by atoms with Crippen LogP contribution in [0.15, 0.2) is 12.1 Å². The molecule has 2 aliphatic rings. The van der Waals surface area contributed by atoms with Gasteiger partial charge in [-0.2, -0.15) is 0 Å². The summed E-state index contributed by atoms with van der Waals surface area (Å²) in [5, 5.41) is 3.13. The van der Waals surface area contributed by atoms with Gasteiger partial charge in [0, 0.05) is 6.54 Å². The van der Waals surface area contributed by atoms with Crippen LogP contribution in [0.4, 0.5) is 16.4 Å².